The zero-order valence-electron chi connectivity index (χ0n) is 19.0. The summed E-state index contributed by atoms with van der Waals surface area (Å²) < 4.78 is 0. The number of aryl methyl sites for hydroxylation is 2. The van der Waals surface area contributed by atoms with E-state index in [0.29, 0.717) is 5.13 Å². The number of benzene rings is 2. The first-order valence-electron chi connectivity index (χ1n) is 11.4. The van der Waals surface area contributed by atoms with E-state index in [1.165, 1.54) is 35.1 Å². The number of hydrogen-bond acceptors (Lipinski definition) is 5. The second kappa shape index (κ2) is 11.0. The third kappa shape index (κ3) is 6.45. The zero-order chi connectivity index (χ0) is 23.2. The van der Waals surface area contributed by atoms with E-state index in [0.717, 1.165) is 52.4 Å². The molecule has 0 spiro atoms. The summed E-state index contributed by atoms with van der Waals surface area (Å²) in [6.07, 6.45) is 5.44. The largest absolute Gasteiger partial charge is 0.326 e. The molecule has 172 valence electrons. The Bertz CT molecular complexity index is 1120. The number of aromatic nitrogens is 1. The normalized spacial score (nSPS) is 14.1. The molecule has 0 aliphatic heterocycles. The molecule has 1 fully saturated rings. The lowest BCUT2D eigenvalue weighted by Gasteiger charge is -2.20. The highest BCUT2D eigenvalue weighted by Gasteiger charge is 2.21. The molecular weight excluding hydrogens is 450 g/mol. The van der Waals surface area contributed by atoms with Gasteiger partial charge >= 0.3 is 0 Å². The molecule has 1 aliphatic rings. The number of anilines is 2. The highest BCUT2D eigenvalue weighted by molar-refractivity contribution is 8.00. The van der Waals surface area contributed by atoms with Crippen molar-refractivity contribution in [2.24, 2.45) is 5.92 Å². The maximum Gasteiger partial charge on any atom is 0.236 e. The molecule has 0 bridgehead atoms. The average Bonchev–Trinajstić information content (AvgIpc) is 3.18. The molecule has 7 heteroatoms. The molecule has 1 saturated carbocycles. The van der Waals surface area contributed by atoms with Gasteiger partial charge in [0.25, 0.3) is 0 Å². The van der Waals surface area contributed by atoms with Crippen LogP contribution in [0.3, 0.4) is 0 Å². The fraction of sp³-hybridized carbons (Fsp3) is 0.346. The number of carbonyl (C=O) groups excluding carboxylic acids is 2. The lowest BCUT2D eigenvalue weighted by atomic mass is 9.88. The predicted molar refractivity (Wildman–Crippen MR) is 138 cm³/mol. The highest BCUT2D eigenvalue weighted by Crippen LogP contribution is 2.31. The van der Waals surface area contributed by atoms with E-state index >= 15 is 0 Å². The number of thioether (sulfide) groups is 1. The SMILES string of the molecule is Cc1ccc(-c2nc(NC(=O)CSc3cccc(NC(=O)C4CCCCC4)c3)sc2C)cc1. The lowest BCUT2D eigenvalue weighted by Crippen LogP contribution is -2.24. The minimum atomic E-state index is -0.0964. The van der Waals surface area contributed by atoms with Crippen LogP contribution in [-0.4, -0.2) is 22.6 Å². The Hall–Kier alpha value is -2.64. The first-order chi connectivity index (χ1) is 16.0. The van der Waals surface area contributed by atoms with E-state index < -0.39 is 0 Å². The topological polar surface area (TPSA) is 71.1 Å². The fourth-order valence-corrected chi connectivity index (χ4v) is 5.61. The minimum absolute atomic E-state index is 0.0964. The van der Waals surface area contributed by atoms with Gasteiger partial charge in [-0.25, -0.2) is 4.98 Å². The van der Waals surface area contributed by atoms with Crippen LogP contribution in [0.5, 0.6) is 0 Å². The Balaban J connectivity index is 1.31. The first-order valence-corrected chi connectivity index (χ1v) is 13.2. The molecule has 0 radical (unpaired) electrons. The van der Waals surface area contributed by atoms with Gasteiger partial charge in [0, 0.05) is 26.9 Å². The van der Waals surface area contributed by atoms with Crippen LogP contribution in [-0.2, 0) is 9.59 Å². The van der Waals surface area contributed by atoms with Crippen LogP contribution < -0.4 is 10.6 Å². The summed E-state index contributed by atoms with van der Waals surface area (Å²) in [7, 11) is 0. The van der Waals surface area contributed by atoms with Crippen molar-refractivity contribution in [2.45, 2.75) is 50.8 Å². The Labute approximate surface area is 203 Å². The van der Waals surface area contributed by atoms with E-state index in [1.807, 2.05) is 31.2 Å². The maximum absolute atomic E-state index is 12.5. The molecule has 1 aromatic heterocycles. The zero-order valence-corrected chi connectivity index (χ0v) is 20.7. The van der Waals surface area contributed by atoms with E-state index in [1.54, 1.807) is 0 Å². The van der Waals surface area contributed by atoms with Gasteiger partial charge in [-0.1, -0.05) is 55.2 Å². The molecular formula is C26H29N3O2S2. The summed E-state index contributed by atoms with van der Waals surface area (Å²) in [4.78, 5) is 31.7. The van der Waals surface area contributed by atoms with E-state index in [-0.39, 0.29) is 23.5 Å². The number of carbonyl (C=O) groups is 2. The van der Waals surface area contributed by atoms with Gasteiger partial charge in [-0.15, -0.1) is 23.1 Å². The maximum atomic E-state index is 12.5. The summed E-state index contributed by atoms with van der Waals surface area (Å²) >= 11 is 2.93. The molecule has 33 heavy (non-hydrogen) atoms. The number of nitrogens with zero attached hydrogens (tertiary/aromatic N) is 1. The predicted octanol–water partition coefficient (Wildman–Crippen LogP) is 6.68. The number of nitrogens with one attached hydrogen (secondary N) is 2. The van der Waals surface area contributed by atoms with Crippen molar-refractivity contribution in [1.82, 2.24) is 4.98 Å². The van der Waals surface area contributed by atoms with E-state index in [2.05, 4.69) is 46.8 Å². The summed E-state index contributed by atoms with van der Waals surface area (Å²) in [5, 5.41) is 6.58. The van der Waals surface area contributed by atoms with Crippen LogP contribution in [0.2, 0.25) is 0 Å². The molecule has 4 rings (SSSR count). The van der Waals surface area contributed by atoms with Gasteiger partial charge in [-0.3, -0.25) is 9.59 Å². The molecule has 0 unspecified atom stereocenters. The summed E-state index contributed by atoms with van der Waals surface area (Å²) in [6.45, 7) is 4.08. The second-order valence-electron chi connectivity index (χ2n) is 8.48. The molecule has 2 N–H and O–H groups in total. The third-order valence-electron chi connectivity index (χ3n) is 5.82. The number of amides is 2. The number of thiazole rings is 1. The van der Waals surface area contributed by atoms with E-state index in [9.17, 15) is 9.59 Å². The van der Waals surface area contributed by atoms with Gasteiger partial charge < -0.3 is 10.6 Å². The Morgan fingerprint density at radius 2 is 1.79 bits per heavy atom. The van der Waals surface area contributed by atoms with Crippen LogP contribution in [0, 0.1) is 19.8 Å². The number of hydrogen-bond donors (Lipinski definition) is 2. The molecule has 0 saturated heterocycles. The third-order valence-corrected chi connectivity index (χ3v) is 7.70. The Morgan fingerprint density at radius 3 is 2.55 bits per heavy atom. The second-order valence-corrected chi connectivity index (χ2v) is 10.7. The van der Waals surface area contributed by atoms with Crippen molar-refractivity contribution >= 4 is 45.7 Å². The molecule has 5 nitrogen and oxygen atoms in total. The quantitative estimate of drug-likeness (QED) is 0.371. The van der Waals surface area contributed by atoms with Crippen LogP contribution in [0.1, 0.15) is 42.5 Å². The van der Waals surface area contributed by atoms with Crippen LogP contribution in [0.15, 0.2) is 53.4 Å². The molecule has 3 aromatic rings. The Morgan fingerprint density at radius 1 is 1.03 bits per heavy atom. The van der Waals surface area contributed by atoms with Crippen molar-refractivity contribution in [1.29, 1.82) is 0 Å². The summed E-state index contributed by atoms with van der Waals surface area (Å²) in [5.74, 6) is 0.407. The smallest absolute Gasteiger partial charge is 0.236 e. The number of rotatable bonds is 7. The first kappa shape index (κ1) is 23.5. The van der Waals surface area contributed by atoms with Gasteiger partial charge in [0.15, 0.2) is 5.13 Å². The molecule has 2 aromatic carbocycles. The van der Waals surface area contributed by atoms with Gasteiger partial charge in [0.05, 0.1) is 11.4 Å². The highest BCUT2D eigenvalue weighted by atomic mass is 32.2. The van der Waals surface area contributed by atoms with Gasteiger partial charge in [-0.05, 0) is 44.9 Å². The van der Waals surface area contributed by atoms with Crippen molar-refractivity contribution in [3.8, 4) is 11.3 Å². The molecule has 0 atom stereocenters. The van der Waals surface area contributed by atoms with Crippen LogP contribution >= 0.6 is 23.1 Å². The van der Waals surface area contributed by atoms with Crippen molar-refractivity contribution < 1.29 is 9.59 Å². The molecule has 1 aliphatic carbocycles. The Kier molecular flexibility index (Phi) is 7.83. The van der Waals surface area contributed by atoms with Gasteiger partial charge in [0.2, 0.25) is 11.8 Å². The van der Waals surface area contributed by atoms with Crippen LogP contribution in [0.4, 0.5) is 10.8 Å². The van der Waals surface area contributed by atoms with Crippen LogP contribution in [0.25, 0.3) is 11.3 Å². The minimum Gasteiger partial charge on any atom is -0.326 e. The lowest BCUT2D eigenvalue weighted by molar-refractivity contribution is -0.120. The molecule has 1 heterocycles. The average molecular weight is 480 g/mol. The summed E-state index contributed by atoms with van der Waals surface area (Å²) in [5.41, 5.74) is 3.95. The monoisotopic (exact) mass is 479 g/mol. The van der Waals surface area contributed by atoms with Crippen molar-refractivity contribution in [2.75, 3.05) is 16.4 Å². The molecule has 2 amide bonds. The fourth-order valence-electron chi connectivity index (χ4n) is 4.01. The van der Waals surface area contributed by atoms with Crippen molar-refractivity contribution in [3.05, 3.63) is 59.0 Å². The van der Waals surface area contributed by atoms with Gasteiger partial charge in [-0.2, -0.15) is 0 Å². The standard InChI is InChI=1S/C26H29N3O2S2/c1-17-11-13-19(14-12-17)24-18(2)33-26(29-24)28-23(30)16-32-22-10-6-9-21(15-22)27-25(31)20-7-4-3-5-8-20/h6,9-15,20H,3-5,7-8,16H2,1-2H3,(H,27,31)(H,28,29,30). The summed E-state index contributed by atoms with van der Waals surface area (Å²) in [6, 6.07) is 15.9. The van der Waals surface area contributed by atoms with Gasteiger partial charge in [0.1, 0.15) is 0 Å². The van der Waals surface area contributed by atoms with E-state index in [4.69, 9.17) is 0 Å². The van der Waals surface area contributed by atoms with Crippen molar-refractivity contribution in [3.63, 3.8) is 0 Å².